The van der Waals surface area contributed by atoms with E-state index in [4.69, 9.17) is 10.5 Å². The van der Waals surface area contributed by atoms with Crippen LogP contribution in [0.25, 0.3) is 10.9 Å². The van der Waals surface area contributed by atoms with E-state index in [0.29, 0.717) is 0 Å². The van der Waals surface area contributed by atoms with Crippen molar-refractivity contribution < 1.29 is 4.74 Å². The zero-order valence-electron chi connectivity index (χ0n) is 11.3. The van der Waals surface area contributed by atoms with Crippen molar-refractivity contribution >= 4 is 22.3 Å². The highest BCUT2D eigenvalue weighted by molar-refractivity contribution is 5.93. The number of nitrogens with two attached hydrogens (primary N) is 1. The molecule has 2 N–H and O–H groups in total. The molecule has 1 aromatic heterocycles. The Labute approximate surface area is 113 Å². The van der Waals surface area contributed by atoms with Gasteiger partial charge in [-0.25, -0.2) is 0 Å². The highest BCUT2D eigenvalue weighted by Gasteiger charge is 2.23. The molecule has 1 aliphatic heterocycles. The smallest absolute Gasteiger partial charge is 0.0743 e. The van der Waals surface area contributed by atoms with Crippen LogP contribution >= 0.6 is 0 Å². The molecule has 2 aromatic rings. The van der Waals surface area contributed by atoms with E-state index < -0.39 is 0 Å². The number of hydrogen-bond acceptors (Lipinski definition) is 4. The first-order valence-corrected chi connectivity index (χ1v) is 6.68. The number of fused-ring (bicyclic) bond motifs is 1. The summed E-state index contributed by atoms with van der Waals surface area (Å²) in [5, 5.41) is 1.15. The van der Waals surface area contributed by atoms with Crippen molar-refractivity contribution in [3.8, 4) is 0 Å². The van der Waals surface area contributed by atoms with Crippen LogP contribution < -0.4 is 10.6 Å². The van der Waals surface area contributed by atoms with Crippen LogP contribution in [-0.2, 0) is 4.74 Å². The van der Waals surface area contributed by atoms with Crippen molar-refractivity contribution in [3.63, 3.8) is 0 Å². The molecule has 100 valence electrons. The van der Waals surface area contributed by atoms with Crippen LogP contribution in [0.5, 0.6) is 0 Å². The number of pyridine rings is 1. The maximum absolute atomic E-state index is 5.82. The van der Waals surface area contributed by atoms with Crippen LogP contribution in [0.4, 0.5) is 11.4 Å². The number of nitrogens with zero attached hydrogens (tertiary/aromatic N) is 2. The first-order valence-electron chi connectivity index (χ1n) is 6.68. The van der Waals surface area contributed by atoms with E-state index in [0.717, 1.165) is 29.7 Å². The Kier molecular flexibility index (Phi) is 3.03. The van der Waals surface area contributed by atoms with Gasteiger partial charge in [-0.1, -0.05) is 0 Å². The van der Waals surface area contributed by atoms with Crippen molar-refractivity contribution in [1.82, 2.24) is 4.98 Å². The normalized spacial score (nSPS) is 23.8. The molecule has 0 amide bonds. The monoisotopic (exact) mass is 257 g/mol. The van der Waals surface area contributed by atoms with Gasteiger partial charge in [-0.15, -0.1) is 0 Å². The van der Waals surface area contributed by atoms with Gasteiger partial charge in [-0.05, 0) is 38.1 Å². The molecule has 4 nitrogen and oxygen atoms in total. The molecule has 0 bridgehead atoms. The van der Waals surface area contributed by atoms with Crippen LogP contribution in [0.15, 0.2) is 30.5 Å². The molecule has 0 unspecified atom stereocenters. The molecule has 2 heterocycles. The number of morpholine rings is 1. The molecule has 1 saturated heterocycles. The summed E-state index contributed by atoms with van der Waals surface area (Å²) in [7, 11) is 0. The highest BCUT2D eigenvalue weighted by atomic mass is 16.5. The van der Waals surface area contributed by atoms with E-state index in [-0.39, 0.29) is 12.2 Å². The van der Waals surface area contributed by atoms with Crippen LogP contribution in [0.1, 0.15) is 13.8 Å². The molecular weight excluding hydrogens is 238 g/mol. The fourth-order valence-corrected chi connectivity index (χ4v) is 2.80. The zero-order chi connectivity index (χ0) is 13.4. The summed E-state index contributed by atoms with van der Waals surface area (Å²) in [6.07, 6.45) is 2.35. The standard InChI is InChI=1S/C15H19N3O/c1-10-8-18(9-11(2)19-10)15-5-6-17-14-7-12(16)3-4-13(14)15/h3-7,10-11H,8-9,16H2,1-2H3/t10-,11+. The van der Waals surface area contributed by atoms with E-state index in [1.54, 1.807) is 0 Å². The van der Waals surface area contributed by atoms with Gasteiger partial charge in [0.05, 0.1) is 17.7 Å². The average molecular weight is 257 g/mol. The minimum atomic E-state index is 0.251. The molecule has 4 heteroatoms. The second-order valence-electron chi connectivity index (χ2n) is 5.27. The fourth-order valence-electron chi connectivity index (χ4n) is 2.80. The minimum Gasteiger partial charge on any atom is -0.399 e. The summed E-state index contributed by atoms with van der Waals surface area (Å²) in [5.74, 6) is 0. The number of ether oxygens (including phenoxy) is 1. The Morgan fingerprint density at radius 2 is 1.95 bits per heavy atom. The van der Waals surface area contributed by atoms with E-state index in [9.17, 15) is 0 Å². The minimum absolute atomic E-state index is 0.251. The van der Waals surface area contributed by atoms with Crippen LogP contribution in [0.2, 0.25) is 0 Å². The van der Waals surface area contributed by atoms with Crippen molar-refractivity contribution in [2.24, 2.45) is 0 Å². The molecule has 3 rings (SSSR count). The van der Waals surface area contributed by atoms with Crippen molar-refractivity contribution in [1.29, 1.82) is 0 Å². The molecule has 1 aliphatic rings. The van der Waals surface area contributed by atoms with Gasteiger partial charge < -0.3 is 15.4 Å². The summed E-state index contributed by atoms with van der Waals surface area (Å²) in [6.45, 7) is 6.05. The van der Waals surface area contributed by atoms with E-state index in [1.165, 1.54) is 5.69 Å². The maximum Gasteiger partial charge on any atom is 0.0743 e. The summed E-state index contributed by atoms with van der Waals surface area (Å²) in [4.78, 5) is 6.77. The van der Waals surface area contributed by atoms with Crippen LogP contribution in [0.3, 0.4) is 0 Å². The summed E-state index contributed by atoms with van der Waals surface area (Å²) in [5.41, 5.74) is 8.74. The Morgan fingerprint density at radius 3 is 2.68 bits per heavy atom. The Hall–Kier alpha value is -1.81. The van der Waals surface area contributed by atoms with Crippen molar-refractivity contribution in [2.45, 2.75) is 26.1 Å². The summed E-state index contributed by atoms with van der Waals surface area (Å²) >= 11 is 0. The predicted octanol–water partition coefficient (Wildman–Crippen LogP) is 2.43. The van der Waals surface area contributed by atoms with Gasteiger partial charge in [0.25, 0.3) is 0 Å². The molecular formula is C15H19N3O. The maximum atomic E-state index is 5.82. The van der Waals surface area contributed by atoms with Gasteiger partial charge in [-0.2, -0.15) is 0 Å². The largest absolute Gasteiger partial charge is 0.399 e. The number of aromatic nitrogens is 1. The zero-order valence-corrected chi connectivity index (χ0v) is 11.3. The lowest BCUT2D eigenvalue weighted by molar-refractivity contribution is -0.00513. The quantitative estimate of drug-likeness (QED) is 0.797. The molecule has 1 fully saturated rings. The van der Waals surface area contributed by atoms with Gasteiger partial charge >= 0.3 is 0 Å². The summed E-state index contributed by atoms with van der Waals surface area (Å²) < 4.78 is 5.79. The molecule has 19 heavy (non-hydrogen) atoms. The second-order valence-corrected chi connectivity index (χ2v) is 5.27. The Morgan fingerprint density at radius 1 is 1.21 bits per heavy atom. The lowest BCUT2D eigenvalue weighted by Crippen LogP contribution is -2.45. The van der Waals surface area contributed by atoms with Gasteiger partial charge in [-0.3, -0.25) is 4.98 Å². The number of hydrogen-bond donors (Lipinski definition) is 1. The first kappa shape index (κ1) is 12.2. The third-order valence-corrected chi connectivity index (χ3v) is 3.50. The highest BCUT2D eigenvalue weighted by Crippen LogP contribution is 2.28. The van der Waals surface area contributed by atoms with Gasteiger partial charge in [0.1, 0.15) is 0 Å². The molecule has 0 radical (unpaired) electrons. The fraction of sp³-hybridized carbons (Fsp3) is 0.400. The van der Waals surface area contributed by atoms with Crippen LogP contribution in [-0.4, -0.2) is 30.3 Å². The van der Waals surface area contributed by atoms with Crippen molar-refractivity contribution in [3.05, 3.63) is 30.5 Å². The van der Waals surface area contributed by atoms with E-state index in [1.807, 2.05) is 18.3 Å². The van der Waals surface area contributed by atoms with E-state index in [2.05, 4.69) is 35.9 Å². The second kappa shape index (κ2) is 4.70. The summed E-state index contributed by atoms with van der Waals surface area (Å²) in [6, 6.07) is 7.98. The van der Waals surface area contributed by atoms with Crippen molar-refractivity contribution in [2.75, 3.05) is 23.7 Å². The van der Waals surface area contributed by atoms with Gasteiger partial charge in [0.2, 0.25) is 0 Å². The average Bonchev–Trinajstić information content (AvgIpc) is 2.36. The lowest BCUT2D eigenvalue weighted by atomic mass is 10.1. The third-order valence-electron chi connectivity index (χ3n) is 3.50. The number of rotatable bonds is 1. The molecule has 1 aromatic carbocycles. The molecule has 0 aliphatic carbocycles. The van der Waals surface area contributed by atoms with Gasteiger partial charge in [0, 0.05) is 36.0 Å². The first-order chi connectivity index (χ1) is 9.13. The number of anilines is 2. The lowest BCUT2D eigenvalue weighted by Gasteiger charge is -2.37. The Balaban J connectivity index is 2.04. The van der Waals surface area contributed by atoms with E-state index >= 15 is 0 Å². The number of nitrogen functional groups attached to an aromatic ring is 1. The SMILES string of the molecule is C[C@@H]1CN(c2ccnc3cc(N)ccc23)C[C@H](C)O1. The Bertz CT molecular complexity index is 589. The molecule has 2 atom stereocenters. The third kappa shape index (κ3) is 2.36. The number of benzene rings is 1. The van der Waals surface area contributed by atoms with Gasteiger partial charge in [0.15, 0.2) is 0 Å². The predicted molar refractivity (Wildman–Crippen MR) is 78.4 cm³/mol. The topological polar surface area (TPSA) is 51.4 Å². The van der Waals surface area contributed by atoms with Crippen LogP contribution in [0, 0.1) is 0 Å². The molecule has 0 spiro atoms. The molecule has 0 saturated carbocycles.